The second-order valence-electron chi connectivity index (χ2n) is 5.39. The van der Waals surface area contributed by atoms with Crippen molar-refractivity contribution in [1.82, 2.24) is 4.90 Å². The van der Waals surface area contributed by atoms with Gasteiger partial charge >= 0.3 is 0 Å². The first-order valence-corrected chi connectivity index (χ1v) is 7.29. The molecule has 0 aromatic rings. The van der Waals surface area contributed by atoms with E-state index in [2.05, 4.69) is 20.8 Å². The SMILES string of the molecule is OCCC1CCN(CC2(CBr)CCC2)C1. The fourth-order valence-electron chi connectivity index (χ4n) is 2.96. The molecule has 15 heavy (non-hydrogen) atoms. The quantitative estimate of drug-likeness (QED) is 0.779. The minimum atomic E-state index is 0.363. The Kier molecular flexibility index (Phi) is 4.08. The summed E-state index contributed by atoms with van der Waals surface area (Å²) in [6.07, 6.45) is 6.51. The minimum absolute atomic E-state index is 0.363. The summed E-state index contributed by atoms with van der Waals surface area (Å²) in [6, 6.07) is 0. The molecule has 1 unspecified atom stereocenters. The Bertz CT molecular complexity index is 200. The molecule has 1 aliphatic heterocycles. The van der Waals surface area contributed by atoms with Crippen molar-refractivity contribution in [3.05, 3.63) is 0 Å². The lowest BCUT2D eigenvalue weighted by molar-refractivity contribution is 0.102. The lowest BCUT2D eigenvalue weighted by atomic mass is 9.70. The molecule has 0 amide bonds. The van der Waals surface area contributed by atoms with Crippen molar-refractivity contribution in [2.24, 2.45) is 11.3 Å². The van der Waals surface area contributed by atoms with Crippen LogP contribution in [-0.4, -0.2) is 41.6 Å². The average molecular weight is 276 g/mol. The van der Waals surface area contributed by atoms with Crippen molar-refractivity contribution in [2.75, 3.05) is 31.6 Å². The van der Waals surface area contributed by atoms with Gasteiger partial charge in [-0.2, -0.15) is 0 Å². The molecule has 2 nitrogen and oxygen atoms in total. The van der Waals surface area contributed by atoms with Crippen LogP contribution >= 0.6 is 15.9 Å². The molecule has 1 aliphatic carbocycles. The standard InChI is InChI=1S/C12H22BrNO/c13-9-12(4-1-5-12)10-14-6-2-11(8-14)3-7-15/h11,15H,1-10H2. The molecule has 0 spiro atoms. The van der Waals surface area contributed by atoms with E-state index in [9.17, 15) is 0 Å². The second kappa shape index (κ2) is 5.15. The van der Waals surface area contributed by atoms with Crippen LogP contribution in [0.25, 0.3) is 0 Å². The van der Waals surface area contributed by atoms with Gasteiger partial charge in [-0.3, -0.25) is 0 Å². The van der Waals surface area contributed by atoms with E-state index in [0.29, 0.717) is 12.0 Å². The molecular weight excluding hydrogens is 254 g/mol. The number of alkyl halides is 1. The highest BCUT2D eigenvalue weighted by Gasteiger charge is 2.38. The van der Waals surface area contributed by atoms with Crippen molar-refractivity contribution in [2.45, 2.75) is 32.1 Å². The number of likely N-dealkylation sites (tertiary alicyclic amines) is 1. The van der Waals surface area contributed by atoms with Crippen molar-refractivity contribution in [3.63, 3.8) is 0 Å². The van der Waals surface area contributed by atoms with Crippen LogP contribution in [0.1, 0.15) is 32.1 Å². The predicted octanol–water partition coefficient (Wildman–Crippen LogP) is 2.26. The highest BCUT2D eigenvalue weighted by atomic mass is 79.9. The normalized spacial score (nSPS) is 30.4. The van der Waals surface area contributed by atoms with E-state index in [1.165, 1.54) is 50.6 Å². The summed E-state index contributed by atoms with van der Waals surface area (Å²) in [4.78, 5) is 2.61. The lowest BCUT2D eigenvalue weighted by Gasteiger charge is -2.43. The molecule has 3 heteroatoms. The molecule has 1 N–H and O–H groups in total. The van der Waals surface area contributed by atoms with E-state index in [4.69, 9.17) is 5.11 Å². The van der Waals surface area contributed by atoms with Crippen LogP contribution in [0.3, 0.4) is 0 Å². The van der Waals surface area contributed by atoms with Gasteiger partial charge in [-0.15, -0.1) is 0 Å². The van der Waals surface area contributed by atoms with Gasteiger partial charge in [0.05, 0.1) is 0 Å². The van der Waals surface area contributed by atoms with Crippen LogP contribution in [0.15, 0.2) is 0 Å². The molecule has 0 bridgehead atoms. The smallest absolute Gasteiger partial charge is 0.0434 e. The Balaban J connectivity index is 1.76. The topological polar surface area (TPSA) is 23.5 Å². The molecule has 2 rings (SSSR count). The summed E-state index contributed by atoms with van der Waals surface area (Å²) < 4.78 is 0. The van der Waals surface area contributed by atoms with Crippen molar-refractivity contribution < 1.29 is 5.11 Å². The fourth-order valence-corrected chi connectivity index (χ4v) is 3.70. The lowest BCUT2D eigenvalue weighted by Crippen LogP contribution is -2.42. The van der Waals surface area contributed by atoms with Crippen LogP contribution in [0.5, 0.6) is 0 Å². The third-order valence-corrected chi connectivity index (χ3v) is 5.35. The molecule has 1 atom stereocenters. The van der Waals surface area contributed by atoms with Gasteiger partial charge in [0.1, 0.15) is 0 Å². The number of aliphatic hydroxyl groups is 1. The maximum Gasteiger partial charge on any atom is 0.0434 e. The van der Waals surface area contributed by atoms with Crippen LogP contribution in [0, 0.1) is 11.3 Å². The largest absolute Gasteiger partial charge is 0.396 e. The highest BCUT2D eigenvalue weighted by Crippen LogP contribution is 2.43. The summed E-state index contributed by atoms with van der Waals surface area (Å²) in [5.41, 5.74) is 0.591. The van der Waals surface area contributed by atoms with Crippen LogP contribution in [-0.2, 0) is 0 Å². The van der Waals surface area contributed by atoms with E-state index in [1.807, 2.05) is 0 Å². The van der Waals surface area contributed by atoms with Crippen LogP contribution in [0.2, 0.25) is 0 Å². The molecule has 2 aliphatic rings. The van der Waals surface area contributed by atoms with Gasteiger partial charge < -0.3 is 10.0 Å². The monoisotopic (exact) mass is 275 g/mol. The Morgan fingerprint density at radius 1 is 1.40 bits per heavy atom. The fraction of sp³-hybridized carbons (Fsp3) is 1.00. The van der Waals surface area contributed by atoms with Crippen molar-refractivity contribution in [1.29, 1.82) is 0 Å². The molecule has 1 saturated carbocycles. The van der Waals surface area contributed by atoms with E-state index < -0.39 is 0 Å². The van der Waals surface area contributed by atoms with Crippen LogP contribution in [0.4, 0.5) is 0 Å². The molecular formula is C12H22BrNO. The molecule has 1 heterocycles. The summed E-state index contributed by atoms with van der Waals surface area (Å²) in [5, 5.41) is 10.1. The van der Waals surface area contributed by atoms with Crippen molar-refractivity contribution >= 4 is 15.9 Å². The van der Waals surface area contributed by atoms with Gasteiger partial charge in [-0.25, -0.2) is 0 Å². The third-order valence-electron chi connectivity index (χ3n) is 4.16. The Labute approximate surface area is 101 Å². The first-order chi connectivity index (χ1) is 7.28. The number of nitrogens with zero attached hydrogens (tertiary/aromatic N) is 1. The minimum Gasteiger partial charge on any atom is -0.396 e. The third kappa shape index (κ3) is 2.75. The summed E-state index contributed by atoms with van der Waals surface area (Å²) in [6.45, 7) is 4.11. The second-order valence-corrected chi connectivity index (χ2v) is 5.95. The maximum atomic E-state index is 8.92. The van der Waals surface area contributed by atoms with Gasteiger partial charge in [-0.1, -0.05) is 22.4 Å². The molecule has 0 radical (unpaired) electrons. The summed E-state index contributed by atoms with van der Waals surface area (Å²) >= 11 is 3.67. The molecule has 88 valence electrons. The van der Waals surface area contributed by atoms with E-state index in [-0.39, 0.29) is 0 Å². The van der Waals surface area contributed by atoms with Crippen molar-refractivity contribution in [3.8, 4) is 0 Å². The molecule has 2 fully saturated rings. The van der Waals surface area contributed by atoms with E-state index in [0.717, 1.165) is 12.3 Å². The average Bonchev–Trinajstić information content (AvgIpc) is 2.60. The first-order valence-electron chi connectivity index (χ1n) is 6.17. The summed E-state index contributed by atoms with van der Waals surface area (Å²) in [5.74, 6) is 0.752. The molecule has 0 aromatic carbocycles. The number of hydrogen-bond donors (Lipinski definition) is 1. The highest BCUT2D eigenvalue weighted by molar-refractivity contribution is 9.09. The van der Waals surface area contributed by atoms with Gasteiger partial charge in [0.2, 0.25) is 0 Å². The Hall–Kier alpha value is 0.400. The van der Waals surface area contributed by atoms with E-state index >= 15 is 0 Å². The molecule has 1 saturated heterocycles. The van der Waals surface area contributed by atoms with E-state index in [1.54, 1.807) is 0 Å². The zero-order valence-electron chi connectivity index (χ0n) is 9.42. The van der Waals surface area contributed by atoms with Gasteiger partial charge in [0, 0.05) is 25.0 Å². The first kappa shape index (κ1) is 11.9. The number of rotatable bonds is 5. The Morgan fingerprint density at radius 2 is 2.20 bits per heavy atom. The van der Waals surface area contributed by atoms with Gasteiger partial charge in [-0.05, 0) is 43.6 Å². The van der Waals surface area contributed by atoms with Gasteiger partial charge in [0.25, 0.3) is 0 Å². The Morgan fingerprint density at radius 3 is 2.73 bits per heavy atom. The zero-order chi connectivity index (χ0) is 10.7. The maximum absolute atomic E-state index is 8.92. The number of halogens is 1. The van der Waals surface area contributed by atoms with Gasteiger partial charge in [0.15, 0.2) is 0 Å². The van der Waals surface area contributed by atoms with Crippen LogP contribution < -0.4 is 0 Å². The summed E-state index contributed by atoms with van der Waals surface area (Å²) in [7, 11) is 0. The number of aliphatic hydroxyl groups excluding tert-OH is 1. The zero-order valence-corrected chi connectivity index (χ0v) is 11.0. The number of hydrogen-bond acceptors (Lipinski definition) is 2. The predicted molar refractivity (Wildman–Crippen MR) is 66.3 cm³/mol. The molecule has 0 aromatic heterocycles.